The predicted molar refractivity (Wildman–Crippen MR) is 112 cm³/mol. The van der Waals surface area contributed by atoms with Gasteiger partial charge >= 0.3 is 0 Å². The normalized spacial score (nSPS) is 10.9. The van der Waals surface area contributed by atoms with Crippen LogP contribution in [-0.2, 0) is 11.3 Å². The topological polar surface area (TPSA) is 90.5 Å². The van der Waals surface area contributed by atoms with E-state index in [4.69, 9.17) is 9.26 Å². The minimum atomic E-state index is -0.468. The maximum Gasteiger partial charge on any atom is 0.267 e. The number of aromatic nitrogens is 3. The van der Waals surface area contributed by atoms with Gasteiger partial charge in [-0.3, -0.25) is 14.2 Å². The molecule has 0 aliphatic carbocycles. The third-order valence-electron chi connectivity index (χ3n) is 4.89. The van der Waals surface area contributed by atoms with Gasteiger partial charge in [0, 0.05) is 17.8 Å². The highest BCUT2D eigenvalue weighted by Crippen LogP contribution is 2.24. The van der Waals surface area contributed by atoms with Crippen molar-refractivity contribution >= 4 is 22.7 Å². The fourth-order valence-electron chi connectivity index (χ4n) is 3.29. The molecule has 2 aromatic heterocycles. The number of methoxy groups -OCH3 is 1. The minimum absolute atomic E-state index is 0.0514. The third kappa shape index (κ3) is 3.89. The molecular weight excluding hydrogens is 403 g/mol. The monoisotopic (exact) mass is 422 g/mol. The standard InChI is InChI=1S/C22H19FN4O4/c1-3-27(16-8-10-17(30-2)11-9-16)18(28)12-26-13-24-21-19(22(26)29)20(25-31-21)14-4-6-15(23)7-5-14/h4-11,13H,3,12H2,1-2H3. The molecule has 31 heavy (non-hydrogen) atoms. The molecule has 0 atom stereocenters. The number of amides is 1. The van der Waals surface area contributed by atoms with Crippen LogP contribution in [0.5, 0.6) is 5.75 Å². The number of halogens is 1. The molecule has 0 spiro atoms. The molecule has 4 rings (SSSR count). The summed E-state index contributed by atoms with van der Waals surface area (Å²) in [5, 5.41) is 4.04. The van der Waals surface area contributed by atoms with Crippen LogP contribution in [-0.4, -0.2) is 34.3 Å². The van der Waals surface area contributed by atoms with Crippen LogP contribution in [0.15, 0.2) is 64.2 Å². The molecular formula is C22H19FN4O4. The van der Waals surface area contributed by atoms with Gasteiger partial charge in [-0.15, -0.1) is 0 Å². The van der Waals surface area contributed by atoms with E-state index >= 15 is 0 Å². The predicted octanol–water partition coefficient (Wildman–Crippen LogP) is 3.25. The maximum atomic E-state index is 13.2. The van der Waals surface area contributed by atoms with Gasteiger partial charge in [-0.25, -0.2) is 9.37 Å². The van der Waals surface area contributed by atoms with E-state index in [0.29, 0.717) is 23.5 Å². The number of carbonyl (C=O) groups is 1. The Labute approximate surface area is 176 Å². The van der Waals surface area contributed by atoms with Crippen LogP contribution < -0.4 is 15.2 Å². The smallest absolute Gasteiger partial charge is 0.267 e. The molecule has 2 aromatic carbocycles. The maximum absolute atomic E-state index is 13.2. The second kappa shape index (κ2) is 8.39. The van der Waals surface area contributed by atoms with Crippen LogP contribution in [0.1, 0.15) is 6.92 Å². The molecule has 158 valence electrons. The zero-order valence-corrected chi connectivity index (χ0v) is 16.9. The molecule has 8 nitrogen and oxygen atoms in total. The molecule has 0 unspecified atom stereocenters. The van der Waals surface area contributed by atoms with Gasteiger partial charge in [-0.2, -0.15) is 0 Å². The van der Waals surface area contributed by atoms with Crippen molar-refractivity contribution in [1.82, 2.24) is 14.7 Å². The van der Waals surface area contributed by atoms with E-state index in [-0.39, 0.29) is 29.2 Å². The lowest BCUT2D eigenvalue weighted by molar-refractivity contribution is -0.119. The summed E-state index contributed by atoms with van der Waals surface area (Å²) in [7, 11) is 1.57. The highest BCUT2D eigenvalue weighted by molar-refractivity contribution is 5.93. The van der Waals surface area contributed by atoms with Gasteiger partial charge in [0.05, 0.1) is 7.11 Å². The van der Waals surface area contributed by atoms with E-state index in [2.05, 4.69) is 10.1 Å². The van der Waals surface area contributed by atoms with E-state index < -0.39 is 11.4 Å². The molecule has 0 bridgehead atoms. The molecule has 0 saturated heterocycles. The summed E-state index contributed by atoms with van der Waals surface area (Å²) in [6, 6.07) is 12.6. The summed E-state index contributed by atoms with van der Waals surface area (Å²) in [6.45, 7) is 2.05. The van der Waals surface area contributed by atoms with Crippen molar-refractivity contribution in [3.05, 3.63) is 71.0 Å². The van der Waals surface area contributed by atoms with Gasteiger partial charge in [0.15, 0.2) is 0 Å². The lowest BCUT2D eigenvalue weighted by Gasteiger charge is -2.21. The number of benzene rings is 2. The van der Waals surface area contributed by atoms with Gasteiger partial charge in [0.2, 0.25) is 5.91 Å². The average Bonchev–Trinajstić information content (AvgIpc) is 3.22. The Bertz CT molecular complexity index is 1280. The lowest BCUT2D eigenvalue weighted by atomic mass is 10.1. The molecule has 0 saturated carbocycles. The second-order valence-electron chi connectivity index (χ2n) is 6.73. The van der Waals surface area contributed by atoms with Crippen molar-refractivity contribution in [2.24, 2.45) is 0 Å². The zero-order valence-electron chi connectivity index (χ0n) is 16.9. The lowest BCUT2D eigenvalue weighted by Crippen LogP contribution is -2.36. The Morgan fingerprint density at radius 2 is 1.87 bits per heavy atom. The molecule has 9 heteroatoms. The first-order chi connectivity index (χ1) is 15.0. The Morgan fingerprint density at radius 3 is 2.52 bits per heavy atom. The van der Waals surface area contributed by atoms with E-state index in [1.807, 2.05) is 6.92 Å². The van der Waals surface area contributed by atoms with Gasteiger partial charge in [0.25, 0.3) is 11.3 Å². The van der Waals surface area contributed by atoms with Crippen LogP contribution in [0.3, 0.4) is 0 Å². The summed E-state index contributed by atoms with van der Waals surface area (Å²) in [6.07, 6.45) is 1.25. The summed E-state index contributed by atoms with van der Waals surface area (Å²) >= 11 is 0. The van der Waals surface area contributed by atoms with E-state index in [1.54, 1.807) is 36.3 Å². The number of nitrogens with zero attached hydrogens (tertiary/aromatic N) is 4. The zero-order chi connectivity index (χ0) is 22.0. The third-order valence-corrected chi connectivity index (χ3v) is 4.89. The molecule has 0 N–H and O–H groups in total. The average molecular weight is 422 g/mol. The number of ether oxygens (including phenoxy) is 1. The van der Waals surface area contributed by atoms with Crippen molar-refractivity contribution in [2.75, 3.05) is 18.6 Å². The van der Waals surface area contributed by atoms with Crippen LogP contribution in [0.2, 0.25) is 0 Å². The SMILES string of the molecule is CCN(C(=O)Cn1cnc2onc(-c3ccc(F)cc3)c2c1=O)c1ccc(OC)cc1. The summed E-state index contributed by atoms with van der Waals surface area (Å²) in [4.78, 5) is 31.7. The molecule has 0 aliphatic heterocycles. The molecule has 0 radical (unpaired) electrons. The van der Waals surface area contributed by atoms with Crippen LogP contribution in [0.4, 0.5) is 10.1 Å². The fraction of sp³-hybridized carbons (Fsp3) is 0.182. The van der Waals surface area contributed by atoms with E-state index in [1.165, 1.54) is 35.2 Å². The summed E-state index contributed by atoms with van der Waals surface area (Å²) < 4.78 is 24.8. The van der Waals surface area contributed by atoms with Gasteiger partial charge in [0.1, 0.15) is 35.5 Å². The Kier molecular flexibility index (Phi) is 5.48. The van der Waals surface area contributed by atoms with Gasteiger partial charge in [-0.1, -0.05) is 5.16 Å². The van der Waals surface area contributed by atoms with Crippen LogP contribution in [0.25, 0.3) is 22.4 Å². The largest absolute Gasteiger partial charge is 0.497 e. The Morgan fingerprint density at radius 1 is 1.16 bits per heavy atom. The van der Waals surface area contributed by atoms with E-state index in [0.717, 1.165) is 0 Å². The number of fused-ring (bicyclic) bond motifs is 1. The van der Waals surface area contributed by atoms with E-state index in [9.17, 15) is 14.0 Å². The molecule has 1 amide bonds. The molecule has 4 aromatic rings. The first kappa shape index (κ1) is 20.3. The fourth-order valence-corrected chi connectivity index (χ4v) is 3.29. The van der Waals surface area contributed by atoms with Crippen molar-refractivity contribution in [2.45, 2.75) is 13.5 Å². The molecule has 0 fully saturated rings. The van der Waals surface area contributed by atoms with Gasteiger partial charge < -0.3 is 14.2 Å². The van der Waals surface area contributed by atoms with Crippen LogP contribution >= 0.6 is 0 Å². The van der Waals surface area contributed by atoms with Crippen molar-refractivity contribution in [1.29, 1.82) is 0 Å². The first-order valence-corrected chi connectivity index (χ1v) is 9.57. The highest BCUT2D eigenvalue weighted by Gasteiger charge is 2.20. The minimum Gasteiger partial charge on any atom is -0.497 e. The highest BCUT2D eigenvalue weighted by atomic mass is 19.1. The number of hydrogen-bond donors (Lipinski definition) is 0. The molecule has 2 heterocycles. The summed E-state index contributed by atoms with van der Waals surface area (Å²) in [5.74, 6) is -0.00882. The number of carbonyl (C=O) groups excluding carboxylic acids is 1. The van der Waals surface area contributed by atoms with Crippen molar-refractivity contribution in [3.8, 4) is 17.0 Å². The van der Waals surface area contributed by atoms with Crippen LogP contribution in [0, 0.1) is 5.82 Å². The van der Waals surface area contributed by atoms with Gasteiger partial charge in [-0.05, 0) is 55.5 Å². The first-order valence-electron chi connectivity index (χ1n) is 9.57. The quantitative estimate of drug-likeness (QED) is 0.474. The number of hydrogen-bond acceptors (Lipinski definition) is 6. The Balaban J connectivity index is 1.67. The number of rotatable bonds is 6. The van der Waals surface area contributed by atoms with Crippen molar-refractivity contribution < 1.29 is 18.4 Å². The van der Waals surface area contributed by atoms with Crippen molar-refractivity contribution in [3.63, 3.8) is 0 Å². The summed E-state index contributed by atoms with van der Waals surface area (Å²) in [5.41, 5.74) is 1.03. The Hall–Kier alpha value is -4.01. The number of anilines is 1. The second-order valence-corrected chi connectivity index (χ2v) is 6.73. The number of likely N-dealkylation sites (N-methyl/N-ethyl adjacent to an activating group) is 1. The molecule has 0 aliphatic rings.